The van der Waals surface area contributed by atoms with E-state index in [4.69, 9.17) is 0 Å². The molecule has 0 atom stereocenters. The van der Waals surface area contributed by atoms with Crippen LogP contribution >= 0.6 is 23.1 Å². The fourth-order valence-corrected chi connectivity index (χ4v) is 4.58. The van der Waals surface area contributed by atoms with E-state index in [2.05, 4.69) is 20.0 Å². The van der Waals surface area contributed by atoms with E-state index < -0.39 is 6.36 Å². The molecular formula is C21H19F3N4O2S2. The average Bonchev–Trinajstić information content (AvgIpc) is 3.26. The molecule has 0 aliphatic heterocycles. The van der Waals surface area contributed by atoms with Crippen LogP contribution in [0.5, 0.6) is 5.75 Å². The second-order valence-electron chi connectivity index (χ2n) is 7.04. The lowest BCUT2D eigenvalue weighted by atomic mass is 10.1. The highest BCUT2D eigenvalue weighted by Gasteiger charge is 2.31. The lowest BCUT2D eigenvalue weighted by molar-refractivity contribution is -0.274. The molecule has 0 saturated carbocycles. The Bertz CT molecular complexity index is 1280. The summed E-state index contributed by atoms with van der Waals surface area (Å²) in [5.41, 5.74) is 2.69. The largest absolute Gasteiger partial charge is 0.573 e. The maximum absolute atomic E-state index is 12.5. The van der Waals surface area contributed by atoms with Crippen LogP contribution in [0.1, 0.15) is 23.2 Å². The van der Waals surface area contributed by atoms with Crippen molar-refractivity contribution >= 4 is 61.2 Å². The molecule has 4 rings (SSSR count). The minimum Gasteiger partial charge on any atom is -0.406 e. The Morgan fingerprint density at radius 1 is 1.19 bits per heavy atom. The molecule has 2 aromatic carbocycles. The molecule has 0 bridgehead atoms. The Labute approximate surface area is 189 Å². The number of fused-ring (bicyclic) bond motifs is 2. The Kier molecular flexibility index (Phi) is 6.29. The van der Waals surface area contributed by atoms with Crippen LogP contribution in [0.15, 0.2) is 36.4 Å². The number of ketones is 1. The number of hydrogen-bond donors (Lipinski definition) is 1. The zero-order chi connectivity index (χ0) is 22.9. The molecule has 2 aromatic heterocycles. The van der Waals surface area contributed by atoms with E-state index in [9.17, 15) is 18.0 Å². The average molecular weight is 481 g/mol. The molecule has 0 aliphatic rings. The van der Waals surface area contributed by atoms with E-state index in [1.165, 1.54) is 29.5 Å². The second-order valence-corrected chi connectivity index (χ2v) is 9.06. The number of carbonyl (C=O) groups is 1. The van der Waals surface area contributed by atoms with Crippen LogP contribution in [0.25, 0.3) is 21.3 Å². The molecule has 32 heavy (non-hydrogen) atoms. The molecule has 0 saturated heterocycles. The first-order valence-corrected chi connectivity index (χ1v) is 11.9. The number of thiazole rings is 1. The quantitative estimate of drug-likeness (QED) is 0.241. The van der Waals surface area contributed by atoms with Gasteiger partial charge in [0, 0.05) is 25.1 Å². The van der Waals surface area contributed by atoms with Crippen LogP contribution in [-0.4, -0.2) is 38.7 Å². The maximum atomic E-state index is 12.5. The number of alkyl halides is 3. The lowest BCUT2D eigenvalue weighted by Crippen LogP contribution is -2.16. The summed E-state index contributed by atoms with van der Waals surface area (Å²) in [4.78, 5) is 21.4. The van der Waals surface area contributed by atoms with Gasteiger partial charge in [-0.15, -0.1) is 13.2 Å². The Morgan fingerprint density at radius 2 is 2.00 bits per heavy atom. The summed E-state index contributed by atoms with van der Waals surface area (Å²) in [5, 5.41) is 3.60. The molecule has 6 nitrogen and oxygen atoms in total. The van der Waals surface area contributed by atoms with E-state index in [-0.39, 0.29) is 11.5 Å². The molecule has 0 radical (unpaired) electrons. The first-order chi connectivity index (χ1) is 15.2. The zero-order valence-electron chi connectivity index (χ0n) is 17.2. The lowest BCUT2D eigenvalue weighted by Gasteiger charge is -2.07. The van der Waals surface area contributed by atoms with Crippen molar-refractivity contribution < 1.29 is 22.7 Å². The number of imidazole rings is 1. The number of benzene rings is 2. The third kappa shape index (κ3) is 4.99. The van der Waals surface area contributed by atoms with Gasteiger partial charge in [0.15, 0.2) is 10.9 Å². The molecule has 2 heterocycles. The predicted octanol–water partition coefficient (Wildman–Crippen LogP) is 6.15. The van der Waals surface area contributed by atoms with Gasteiger partial charge in [-0.25, -0.2) is 9.97 Å². The standard InChI is InChI=1S/C21H19F3N4O2S2/c1-28-16-8-5-12(17(29)4-3-9-31-2)10-15(16)25-19(28)27-20-26-14-7-6-13(11-18(14)32-20)30-21(22,23)24/h5-8,10-11H,3-4,9H2,1-2H3,(H,25,26,27). The van der Waals surface area contributed by atoms with Crippen molar-refractivity contribution in [2.45, 2.75) is 19.2 Å². The monoisotopic (exact) mass is 480 g/mol. The van der Waals surface area contributed by atoms with Crippen molar-refractivity contribution in [3.63, 3.8) is 0 Å². The van der Waals surface area contributed by atoms with Gasteiger partial charge in [-0.3, -0.25) is 4.79 Å². The summed E-state index contributed by atoms with van der Waals surface area (Å²) < 4.78 is 43.7. The molecule has 4 aromatic rings. The van der Waals surface area contributed by atoms with Crippen molar-refractivity contribution in [3.05, 3.63) is 42.0 Å². The van der Waals surface area contributed by atoms with Crippen LogP contribution in [-0.2, 0) is 7.05 Å². The van der Waals surface area contributed by atoms with Gasteiger partial charge in [0.1, 0.15) is 5.75 Å². The van der Waals surface area contributed by atoms with Crippen LogP contribution < -0.4 is 10.1 Å². The topological polar surface area (TPSA) is 69.0 Å². The summed E-state index contributed by atoms with van der Waals surface area (Å²) >= 11 is 2.91. The number of hydrogen-bond acceptors (Lipinski definition) is 7. The fourth-order valence-electron chi connectivity index (χ4n) is 3.26. The van der Waals surface area contributed by atoms with Crippen LogP contribution in [0.4, 0.5) is 24.3 Å². The third-order valence-electron chi connectivity index (χ3n) is 4.77. The molecule has 0 unspecified atom stereocenters. The van der Waals surface area contributed by atoms with Crippen molar-refractivity contribution in [1.82, 2.24) is 14.5 Å². The molecule has 0 amide bonds. The summed E-state index contributed by atoms with van der Waals surface area (Å²) in [6.45, 7) is 0. The number of nitrogens with zero attached hydrogens (tertiary/aromatic N) is 3. The summed E-state index contributed by atoms with van der Waals surface area (Å²) in [5.74, 6) is 1.25. The van der Waals surface area contributed by atoms with Gasteiger partial charge in [-0.05, 0) is 48.8 Å². The summed E-state index contributed by atoms with van der Waals surface area (Å²) in [7, 11) is 1.83. The molecule has 0 aliphatic carbocycles. The van der Waals surface area contributed by atoms with Crippen molar-refractivity contribution in [2.75, 3.05) is 17.3 Å². The van der Waals surface area contributed by atoms with Crippen molar-refractivity contribution in [2.24, 2.45) is 7.05 Å². The smallest absolute Gasteiger partial charge is 0.406 e. The molecule has 168 valence electrons. The predicted molar refractivity (Wildman–Crippen MR) is 122 cm³/mol. The minimum absolute atomic E-state index is 0.0872. The van der Waals surface area contributed by atoms with Gasteiger partial charge in [-0.2, -0.15) is 11.8 Å². The van der Waals surface area contributed by atoms with Gasteiger partial charge >= 0.3 is 6.36 Å². The minimum atomic E-state index is -4.75. The van der Waals surface area contributed by atoms with E-state index in [0.717, 1.165) is 17.7 Å². The van der Waals surface area contributed by atoms with Gasteiger partial charge in [0.2, 0.25) is 5.95 Å². The van der Waals surface area contributed by atoms with E-state index in [1.54, 1.807) is 23.9 Å². The number of Topliss-reactive ketones (excluding diaryl/α,β-unsaturated/α-hetero) is 1. The van der Waals surface area contributed by atoms with Crippen molar-refractivity contribution in [1.29, 1.82) is 0 Å². The number of thioether (sulfide) groups is 1. The molecular weight excluding hydrogens is 461 g/mol. The van der Waals surface area contributed by atoms with Crippen molar-refractivity contribution in [3.8, 4) is 5.75 Å². The van der Waals surface area contributed by atoms with E-state index in [1.807, 2.05) is 23.9 Å². The normalized spacial score (nSPS) is 11.9. The van der Waals surface area contributed by atoms with Gasteiger partial charge in [0.25, 0.3) is 0 Å². The molecule has 0 spiro atoms. The zero-order valence-corrected chi connectivity index (χ0v) is 18.8. The fraction of sp³-hybridized carbons (Fsp3) is 0.286. The first kappa shape index (κ1) is 22.4. The number of carbonyl (C=O) groups excluding carboxylic acids is 1. The van der Waals surface area contributed by atoms with E-state index >= 15 is 0 Å². The highest BCUT2D eigenvalue weighted by Crippen LogP contribution is 2.33. The molecule has 1 N–H and O–H groups in total. The second kappa shape index (κ2) is 8.99. The number of aryl methyl sites for hydroxylation is 1. The number of aromatic nitrogens is 3. The van der Waals surface area contributed by atoms with Crippen LogP contribution in [0, 0.1) is 0 Å². The Morgan fingerprint density at radius 3 is 2.75 bits per heavy atom. The van der Waals surface area contributed by atoms with Crippen LogP contribution in [0.2, 0.25) is 0 Å². The van der Waals surface area contributed by atoms with Gasteiger partial charge in [-0.1, -0.05) is 11.3 Å². The molecule has 0 fully saturated rings. The number of rotatable bonds is 8. The highest BCUT2D eigenvalue weighted by molar-refractivity contribution is 7.98. The number of halogens is 3. The Balaban J connectivity index is 1.56. The number of nitrogens with one attached hydrogen (secondary N) is 1. The highest BCUT2D eigenvalue weighted by atomic mass is 32.2. The summed E-state index contributed by atoms with van der Waals surface area (Å²) in [6.07, 6.45) is -1.41. The van der Waals surface area contributed by atoms with E-state index in [0.29, 0.717) is 38.8 Å². The number of anilines is 2. The van der Waals surface area contributed by atoms with Gasteiger partial charge in [0.05, 0.1) is 21.3 Å². The van der Waals surface area contributed by atoms with Gasteiger partial charge < -0.3 is 14.6 Å². The summed E-state index contributed by atoms with van der Waals surface area (Å²) in [6, 6.07) is 9.44. The Hall–Kier alpha value is -2.79. The third-order valence-corrected chi connectivity index (χ3v) is 6.40. The first-order valence-electron chi connectivity index (χ1n) is 9.65. The maximum Gasteiger partial charge on any atom is 0.573 e. The molecule has 11 heteroatoms. The van der Waals surface area contributed by atoms with Crippen LogP contribution in [0.3, 0.4) is 0 Å². The SMILES string of the molecule is CSCCCC(=O)c1ccc2c(c1)nc(Nc1nc3ccc(OC(F)(F)F)cc3s1)n2C. The number of ether oxygens (including phenoxy) is 1.